The molecule has 1 unspecified atom stereocenters. The molecule has 3 nitrogen and oxygen atoms in total. The molecular formula is C23H31NO2. The summed E-state index contributed by atoms with van der Waals surface area (Å²) in [5.74, 6) is 0.994. The van der Waals surface area contributed by atoms with Gasteiger partial charge in [-0.1, -0.05) is 48.5 Å². The summed E-state index contributed by atoms with van der Waals surface area (Å²) in [5.41, 5.74) is 2.61. The number of rotatable bonds is 7. The van der Waals surface area contributed by atoms with Gasteiger partial charge in [0.25, 0.3) is 0 Å². The average molecular weight is 354 g/mol. The van der Waals surface area contributed by atoms with Crippen LogP contribution >= 0.6 is 0 Å². The zero-order valence-corrected chi connectivity index (χ0v) is 16.3. The van der Waals surface area contributed by atoms with E-state index in [1.807, 2.05) is 6.07 Å². The number of hydrogen-bond acceptors (Lipinski definition) is 3. The van der Waals surface area contributed by atoms with E-state index in [-0.39, 0.29) is 11.0 Å². The first kappa shape index (κ1) is 18.9. The SMILES string of the molecule is COc1ccccc1C1(CCNCc2ccccc2)CCOC(C)(C)C1. The van der Waals surface area contributed by atoms with Crippen LogP contribution in [0.3, 0.4) is 0 Å². The third kappa shape index (κ3) is 4.46. The number of para-hydroxylation sites is 1. The van der Waals surface area contributed by atoms with E-state index in [1.165, 1.54) is 11.1 Å². The van der Waals surface area contributed by atoms with Crippen molar-refractivity contribution in [3.63, 3.8) is 0 Å². The first-order valence-electron chi connectivity index (χ1n) is 9.57. The van der Waals surface area contributed by atoms with Gasteiger partial charge in [0, 0.05) is 24.1 Å². The Balaban J connectivity index is 1.75. The van der Waals surface area contributed by atoms with Gasteiger partial charge in [0.2, 0.25) is 0 Å². The first-order chi connectivity index (χ1) is 12.5. The third-order valence-corrected chi connectivity index (χ3v) is 5.47. The minimum atomic E-state index is -0.113. The quantitative estimate of drug-likeness (QED) is 0.732. The number of methoxy groups -OCH3 is 1. The molecule has 0 radical (unpaired) electrons. The lowest BCUT2D eigenvalue weighted by molar-refractivity contribution is -0.0843. The van der Waals surface area contributed by atoms with Gasteiger partial charge >= 0.3 is 0 Å². The minimum Gasteiger partial charge on any atom is -0.496 e. The summed E-state index contributed by atoms with van der Waals surface area (Å²) >= 11 is 0. The summed E-state index contributed by atoms with van der Waals surface area (Å²) in [6.45, 7) is 7.08. The lowest BCUT2D eigenvalue weighted by atomic mass is 9.67. The molecule has 1 aliphatic heterocycles. The van der Waals surface area contributed by atoms with Crippen molar-refractivity contribution < 1.29 is 9.47 Å². The summed E-state index contributed by atoms with van der Waals surface area (Å²) in [6.07, 6.45) is 3.12. The van der Waals surface area contributed by atoms with Crippen LogP contribution in [0.15, 0.2) is 54.6 Å². The highest BCUT2D eigenvalue weighted by Crippen LogP contribution is 2.46. The van der Waals surface area contributed by atoms with Crippen LogP contribution in [0.2, 0.25) is 0 Å². The van der Waals surface area contributed by atoms with E-state index in [0.717, 1.165) is 44.7 Å². The van der Waals surface area contributed by atoms with E-state index < -0.39 is 0 Å². The second-order valence-electron chi connectivity index (χ2n) is 7.93. The Morgan fingerprint density at radius 2 is 1.77 bits per heavy atom. The van der Waals surface area contributed by atoms with E-state index in [4.69, 9.17) is 9.47 Å². The highest BCUT2D eigenvalue weighted by molar-refractivity contribution is 5.40. The monoisotopic (exact) mass is 353 g/mol. The van der Waals surface area contributed by atoms with E-state index in [2.05, 4.69) is 67.7 Å². The second kappa shape index (κ2) is 8.24. The van der Waals surface area contributed by atoms with Crippen LogP contribution in [-0.4, -0.2) is 25.9 Å². The first-order valence-corrected chi connectivity index (χ1v) is 9.57. The Labute approximate surface area is 157 Å². The Morgan fingerprint density at radius 1 is 1.04 bits per heavy atom. The molecule has 0 saturated carbocycles. The van der Waals surface area contributed by atoms with Gasteiger partial charge in [-0.15, -0.1) is 0 Å². The topological polar surface area (TPSA) is 30.5 Å². The van der Waals surface area contributed by atoms with Crippen LogP contribution in [0.1, 0.15) is 44.2 Å². The van der Waals surface area contributed by atoms with Crippen molar-refractivity contribution in [2.24, 2.45) is 0 Å². The fourth-order valence-electron chi connectivity index (χ4n) is 4.29. The van der Waals surface area contributed by atoms with Crippen LogP contribution in [0.5, 0.6) is 5.75 Å². The van der Waals surface area contributed by atoms with Crippen molar-refractivity contribution in [2.45, 2.75) is 50.7 Å². The number of benzene rings is 2. The molecule has 0 bridgehead atoms. The zero-order chi connectivity index (χ0) is 18.5. The maximum Gasteiger partial charge on any atom is 0.122 e. The van der Waals surface area contributed by atoms with Gasteiger partial charge in [-0.25, -0.2) is 0 Å². The predicted octanol–water partition coefficient (Wildman–Crippen LogP) is 4.70. The number of ether oxygens (including phenoxy) is 2. The van der Waals surface area contributed by atoms with Crippen molar-refractivity contribution >= 4 is 0 Å². The Hall–Kier alpha value is -1.84. The minimum absolute atomic E-state index is 0.0814. The van der Waals surface area contributed by atoms with Gasteiger partial charge in [-0.2, -0.15) is 0 Å². The maximum absolute atomic E-state index is 6.03. The lowest BCUT2D eigenvalue weighted by Gasteiger charge is -2.46. The Bertz CT molecular complexity index is 698. The van der Waals surface area contributed by atoms with E-state index >= 15 is 0 Å². The molecule has 2 aromatic carbocycles. The van der Waals surface area contributed by atoms with E-state index in [1.54, 1.807) is 7.11 Å². The molecule has 0 aliphatic carbocycles. The zero-order valence-electron chi connectivity index (χ0n) is 16.3. The molecule has 140 valence electrons. The molecule has 1 fully saturated rings. The highest BCUT2D eigenvalue weighted by atomic mass is 16.5. The molecule has 1 aliphatic rings. The molecule has 0 amide bonds. The van der Waals surface area contributed by atoms with Crippen molar-refractivity contribution in [3.05, 3.63) is 65.7 Å². The van der Waals surface area contributed by atoms with E-state index in [9.17, 15) is 0 Å². The molecule has 3 heteroatoms. The summed E-state index contributed by atoms with van der Waals surface area (Å²) in [4.78, 5) is 0. The van der Waals surface area contributed by atoms with Crippen molar-refractivity contribution in [2.75, 3.05) is 20.3 Å². The van der Waals surface area contributed by atoms with Gasteiger partial charge in [0.15, 0.2) is 0 Å². The van der Waals surface area contributed by atoms with Gasteiger partial charge in [-0.05, 0) is 51.3 Å². The largest absolute Gasteiger partial charge is 0.496 e. The summed E-state index contributed by atoms with van der Waals surface area (Å²) in [7, 11) is 1.77. The second-order valence-corrected chi connectivity index (χ2v) is 7.93. The maximum atomic E-state index is 6.03. The molecule has 1 atom stereocenters. The molecule has 2 aromatic rings. The van der Waals surface area contributed by atoms with Crippen LogP contribution in [0.4, 0.5) is 0 Å². The van der Waals surface area contributed by atoms with Crippen LogP contribution in [0, 0.1) is 0 Å². The molecule has 1 heterocycles. The van der Waals surface area contributed by atoms with Crippen LogP contribution in [0.25, 0.3) is 0 Å². The summed E-state index contributed by atoms with van der Waals surface area (Å²) in [5, 5.41) is 3.63. The molecule has 26 heavy (non-hydrogen) atoms. The number of nitrogens with one attached hydrogen (secondary N) is 1. The molecule has 0 spiro atoms. The smallest absolute Gasteiger partial charge is 0.122 e. The average Bonchev–Trinajstić information content (AvgIpc) is 2.65. The van der Waals surface area contributed by atoms with Crippen molar-refractivity contribution in [1.82, 2.24) is 5.32 Å². The standard InChI is InChI=1S/C23H31NO2/c1-22(2)18-23(14-16-26-22,20-11-7-8-12-21(20)25-3)13-15-24-17-19-9-5-4-6-10-19/h4-12,24H,13-18H2,1-3H3. The van der Waals surface area contributed by atoms with Crippen LogP contribution in [-0.2, 0) is 16.7 Å². The van der Waals surface area contributed by atoms with Gasteiger partial charge < -0.3 is 14.8 Å². The molecule has 3 rings (SSSR count). The normalized spacial score (nSPS) is 22.1. The molecular weight excluding hydrogens is 322 g/mol. The van der Waals surface area contributed by atoms with Crippen LogP contribution < -0.4 is 10.1 Å². The highest BCUT2D eigenvalue weighted by Gasteiger charge is 2.43. The summed E-state index contributed by atoms with van der Waals surface area (Å²) < 4.78 is 11.7. The molecule has 1 saturated heterocycles. The number of hydrogen-bond donors (Lipinski definition) is 1. The third-order valence-electron chi connectivity index (χ3n) is 5.47. The van der Waals surface area contributed by atoms with Crippen molar-refractivity contribution in [1.29, 1.82) is 0 Å². The van der Waals surface area contributed by atoms with Gasteiger partial charge in [0.05, 0.1) is 12.7 Å². The predicted molar refractivity (Wildman–Crippen MR) is 107 cm³/mol. The fourth-order valence-corrected chi connectivity index (χ4v) is 4.29. The Kier molecular flexibility index (Phi) is 6.00. The Morgan fingerprint density at radius 3 is 2.50 bits per heavy atom. The fraction of sp³-hybridized carbons (Fsp3) is 0.478. The van der Waals surface area contributed by atoms with Gasteiger partial charge in [0.1, 0.15) is 5.75 Å². The lowest BCUT2D eigenvalue weighted by Crippen LogP contribution is -2.45. The van der Waals surface area contributed by atoms with E-state index in [0.29, 0.717) is 0 Å². The van der Waals surface area contributed by atoms with Gasteiger partial charge in [-0.3, -0.25) is 0 Å². The summed E-state index contributed by atoms with van der Waals surface area (Å²) in [6, 6.07) is 19.1. The molecule has 0 aromatic heterocycles. The molecule has 1 N–H and O–H groups in total. The van der Waals surface area contributed by atoms with Crippen molar-refractivity contribution in [3.8, 4) is 5.75 Å².